The van der Waals surface area contributed by atoms with Gasteiger partial charge in [0.25, 0.3) is 0 Å². The van der Waals surface area contributed by atoms with Gasteiger partial charge in [0.15, 0.2) is 0 Å². The van der Waals surface area contributed by atoms with Gasteiger partial charge < -0.3 is 5.11 Å². The summed E-state index contributed by atoms with van der Waals surface area (Å²) in [4.78, 5) is 0. The maximum absolute atomic E-state index is 9.83. The van der Waals surface area contributed by atoms with Crippen LogP contribution in [0.4, 0.5) is 0 Å². The monoisotopic (exact) mass is 222 g/mol. The average Bonchev–Trinajstić information content (AvgIpc) is 2.16. The van der Waals surface area contributed by atoms with Crippen LogP contribution in [-0.2, 0) is 0 Å². The van der Waals surface area contributed by atoms with E-state index in [0.717, 1.165) is 18.8 Å². The molecule has 0 saturated heterocycles. The normalized spacial score (nSPS) is 31.2. The van der Waals surface area contributed by atoms with Gasteiger partial charge in [-0.05, 0) is 58.3 Å². The summed E-state index contributed by atoms with van der Waals surface area (Å²) in [5.41, 5.74) is 0.852. The van der Waals surface area contributed by atoms with Gasteiger partial charge in [-0.1, -0.05) is 30.7 Å². The molecule has 0 aromatic heterocycles. The van der Waals surface area contributed by atoms with Crippen LogP contribution in [0, 0.1) is 11.8 Å². The molecular formula is C15H26O. The van der Waals surface area contributed by atoms with Crippen molar-refractivity contribution in [1.29, 1.82) is 0 Å². The van der Waals surface area contributed by atoms with Crippen molar-refractivity contribution >= 4 is 0 Å². The predicted octanol–water partition coefficient (Wildman–Crippen LogP) is 4.09. The second-order valence-corrected chi connectivity index (χ2v) is 5.75. The molecule has 0 aliphatic heterocycles. The number of hydrogen-bond acceptors (Lipinski definition) is 1. The quantitative estimate of drug-likeness (QED) is 0.710. The molecule has 1 N–H and O–H groups in total. The first-order valence-electron chi connectivity index (χ1n) is 6.46. The average molecular weight is 222 g/mol. The largest absolute Gasteiger partial charge is 0.386 e. The van der Waals surface area contributed by atoms with Crippen molar-refractivity contribution in [3.05, 3.63) is 23.8 Å². The molecule has 0 radical (unpaired) electrons. The Kier molecular flexibility index (Phi) is 4.79. The SMILES string of the molecule is CC(C)=CCC[C@@H](C)[C@H]1C=CC(C)(O)CC1. The van der Waals surface area contributed by atoms with E-state index < -0.39 is 5.60 Å². The maximum atomic E-state index is 9.83. The Morgan fingerprint density at radius 3 is 2.75 bits per heavy atom. The highest BCUT2D eigenvalue weighted by molar-refractivity contribution is 5.06. The lowest BCUT2D eigenvalue weighted by molar-refractivity contribution is 0.0833. The van der Waals surface area contributed by atoms with E-state index >= 15 is 0 Å². The van der Waals surface area contributed by atoms with Crippen LogP contribution in [0.15, 0.2) is 23.8 Å². The summed E-state index contributed by atoms with van der Waals surface area (Å²) < 4.78 is 0. The molecule has 0 spiro atoms. The standard InChI is InChI=1S/C15H26O/c1-12(2)6-5-7-13(3)14-8-10-15(4,16)11-9-14/h6,8,10,13-14,16H,5,7,9,11H2,1-4H3/t13-,14+,15?/m1/s1. The lowest BCUT2D eigenvalue weighted by Gasteiger charge is -2.30. The van der Waals surface area contributed by atoms with Gasteiger partial charge in [-0.3, -0.25) is 0 Å². The zero-order valence-corrected chi connectivity index (χ0v) is 11.2. The molecule has 1 nitrogen and oxygen atoms in total. The zero-order chi connectivity index (χ0) is 12.2. The summed E-state index contributed by atoms with van der Waals surface area (Å²) in [5.74, 6) is 1.38. The molecule has 0 bridgehead atoms. The van der Waals surface area contributed by atoms with Gasteiger partial charge >= 0.3 is 0 Å². The fourth-order valence-corrected chi connectivity index (χ4v) is 2.29. The summed E-state index contributed by atoms with van der Waals surface area (Å²) in [6.45, 7) is 8.53. The van der Waals surface area contributed by atoms with Crippen LogP contribution in [0.3, 0.4) is 0 Å². The van der Waals surface area contributed by atoms with Gasteiger partial charge in [-0.25, -0.2) is 0 Å². The summed E-state index contributed by atoms with van der Waals surface area (Å²) in [6, 6.07) is 0. The minimum atomic E-state index is -0.559. The molecule has 16 heavy (non-hydrogen) atoms. The van der Waals surface area contributed by atoms with Crippen molar-refractivity contribution in [2.45, 2.75) is 59.0 Å². The molecule has 1 heteroatoms. The Morgan fingerprint density at radius 2 is 2.25 bits per heavy atom. The summed E-state index contributed by atoms with van der Waals surface area (Å²) in [7, 11) is 0. The fraction of sp³-hybridized carbons (Fsp3) is 0.733. The van der Waals surface area contributed by atoms with Gasteiger partial charge in [0, 0.05) is 0 Å². The Balaban J connectivity index is 2.39. The van der Waals surface area contributed by atoms with Crippen molar-refractivity contribution in [2.24, 2.45) is 11.8 Å². The topological polar surface area (TPSA) is 20.2 Å². The first-order valence-corrected chi connectivity index (χ1v) is 6.46. The first kappa shape index (κ1) is 13.5. The molecule has 0 aromatic carbocycles. The third-order valence-corrected chi connectivity index (χ3v) is 3.59. The fourth-order valence-electron chi connectivity index (χ4n) is 2.29. The van der Waals surface area contributed by atoms with E-state index in [1.54, 1.807) is 0 Å². The van der Waals surface area contributed by atoms with Crippen LogP contribution in [0.25, 0.3) is 0 Å². The van der Waals surface area contributed by atoms with Crippen molar-refractivity contribution < 1.29 is 5.11 Å². The second kappa shape index (κ2) is 5.67. The van der Waals surface area contributed by atoms with E-state index in [0.29, 0.717) is 5.92 Å². The van der Waals surface area contributed by atoms with Crippen molar-refractivity contribution in [3.63, 3.8) is 0 Å². The second-order valence-electron chi connectivity index (χ2n) is 5.75. The van der Waals surface area contributed by atoms with Gasteiger partial charge in [0.05, 0.1) is 5.60 Å². The highest BCUT2D eigenvalue weighted by atomic mass is 16.3. The molecule has 3 atom stereocenters. The third kappa shape index (κ3) is 4.52. The Morgan fingerprint density at radius 1 is 1.56 bits per heavy atom. The minimum Gasteiger partial charge on any atom is -0.386 e. The van der Waals surface area contributed by atoms with E-state index in [4.69, 9.17) is 0 Å². The molecule has 1 rings (SSSR count). The molecular weight excluding hydrogens is 196 g/mol. The summed E-state index contributed by atoms with van der Waals surface area (Å²) >= 11 is 0. The number of hydrogen-bond donors (Lipinski definition) is 1. The lowest BCUT2D eigenvalue weighted by atomic mass is 9.79. The number of rotatable bonds is 4. The van der Waals surface area contributed by atoms with Gasteiger partial charge in [-0.15, -0.1) is 0 Å². The molecule has 0 heterocycles. The Bertz CT molecular complexity index is 269. The molecule has 1 aliphatic rings. The minimum absolute atomic E-state index is 0.559. The van der Waals surface area contributed by atoms with E-state index in [9.17, 15) is 5.11 Å². The van der Waals surface area contributed by atoms with Crippen molar-refractivity contribution in [3.8, 4) is 0 Å². The lowest BCUT2D eigenvalue weighted by Crippen LogP contribution is -2.27. The van der Waals surface area contributed by atoms with Crippen LogP contribution >= 0.6 is 0 Å². The van der Waals surface area contributed by atoms with Crippen molar-refractivity contribution in [2.75, 3.05) is 0 Å². The van der Waals surface area contributed by atoms with Crippen LogP contribution < -0.4 is 0 Å². The molecule has 0 fully saturated rings. The van der Waals surface area contributed by atoms with E-state index in [2.05, 4.69) is 32.9 Å². The smallest absolute Gasteiger partial charge is 0.0800 e. The van der Waals surface area contributed by atoms with Crippen LogP contribution in [-0.4, -0.2) is 10.7 Å². The number of allylic oxidation sites excluding steroid dienone is 3. The van der Waals surface area contributed by atoms with Gasteiger partial charge in [0.1, 0.15) is 0 Å². The van der Waals surface area contributed by atoms with E-state index in [1.165, 1.54) is 18.4 Å². The number of aliphatic hydroxyl groups is 1. The van der Waals surface area contributed by atoms with E-state index in [-0.39, 0.29) is 0 Å². The van der Waals surface area contributed by atoms with Crippen molar-refractivity contribution in [1.82, 2.24) is 0 Å². The van der Waals surface area contributed by atoms with Gasteiger partial charge in [0.2, 0.25) is 0 Å². The molecule has 92 valence electrons. The highest BCUT2D eigenvalue weighted by Crippen LogP contribution is 2.31. The molecule has 1 aliphatic carbocycles. The molecule has 1 unspecified atom stereocenters. The Hall–Kier alpha value is -0.560. The highest BCUT2D eigenvalue weighted by Gasteiger charge is 2.25. The van der Waals surface area contributed by atoms with Crippen LogP contribution in [0.2, 0.25) is 0 Å². The van der Waals surface area contributed by atoms with Crippen LogP contribution in [0.5, 0.6) is 0 Å². The zero-order valence-electron chi connectivity index (χ0n) is 11.2. The third-order valence-electron chi connectivity index (χ3n) is 3.59. The molecule has 0 aromatic rings. The summed E-state index contributed by atoms with van der Waals surface area (Å²) in [5, 5.41) is 9.83. The summed E-state index contributed by atoms with van der Waals surface area (Å²) in [6.07, 6.45) is 11.0. The van der Waals surface area contributed by atoms with Crippen LogP contribution in [0.1, 0.15) is 53.4 Å². The molecule has 0 saturated carbocycles. The van der Waals surface area contributed by atoms with E-state index in [1.807, 2.05) is 13.0 Å². The Labute approximate surface area is 100 Å². The first-order chi connectivity index (χ1) is 7.41. The van der Waals surface area contributed by atoms with Gasteiger partial charge in [-0.2, -0.15) is 0 Å². The molecule has 0 amide bonds. The predicted molar refractivity (Wildman–Crippen MR) is 70.3 cm³/mol. The maximum Gasteiger partial charge on any atom is 0.0800 e.